The molecule has 12 heteroatoms. The quantitative estimate of drug-likeness (QED) is 0.152. The first kappa shape index (κ1) is 35.6. The average molecular weight is 722 g/mol. The smallest absolute Gasteiger partial charge is 0.264 e. The molecular weight excluding hydrogens is 688 g/mol. The van der Waals surface area contributed by atoms with Crippen LogP contribution in [0.5, 0.6) is 0 Å². The number of hydrogen-bond acceptors (Lipinski definition) is 4. The van der Waals surface area contributed by atoms with E-state index in [9.17, 15) is 18.0 Å². The third-order valence-electron chi connectivity index (χ3n) is 7.45. The van der Waals surface area contributed by atoms with Gasteiger partial charge in [0, 0.05) is 39.6 Å². The lowest BCUT2D eigenvalue weighted by Crippen LogP contribution is -2.54. The molecule has 0 aliphatic rings. The lowest BCUT2D eigenvalue weighted by molar-refractivity contribution is -0.140. The normalized spacial score (nSPS) is 12.7. The Morgan fingerprint density at radius 1 is 0.804 bits per heavy atom. The van der Waals surface area contributed by atoms with Gasteiger partial charge in [-0.25, -0.2) is 8.42 Å². The molecule has 0 radical (unpaired) electrons. The standard InChI is InChI=1S/C34H33Cl4N3O4S/c1-3-23(2)39-34(43)32(19-24-11-6-4-7-12-24)40(21-27-28(36)15-10-16-29(27)37)33(42)22-41(31-20-25(35)17-18-30(31)38)46(44,45)26-13-8-5-9-14-26/h4-18,20,23,32H,3,19,21-22H2,1-2H3,(H,39,43)/t23-,32-/m1/s1. The number of benzene rings is 4. The summed E-state index contributed by atoms with van der Waals surface area (Å²) in [4.78, 5) is 29.8. The van der Waals surface area contributed by atoms with E-state index in [0.29, 0.717) is 12.0 Å². The zero-order valence-electron chi connectivity index (χ0n) is 25.2. The van der Waals surface area contributed by atoms with Crippen LogP contribution in [0.4, 0.5) is 5.69 Å². The molecule has 0 aliphatic carbocycles. The van der Waals surface area contributed by atoms with E-state index >= 15 is 0 Å². The van der Waals surface area contributed by atoms with Crippen LogP contribution >= 0.6 is 46.4 Å². The summed E-state index contributed by atoms with van der Waals surface area (Å²) in [6, 6.07) is 25.0. The molecule has 4 rings (SSSR count). The highest BCUT2D eigenvalue weighted by molar-refractivity contribution is 7.92. The number of carbonyl (C=O) groups excluding carboxylic acids is 2. The minimum absolute atomic E-state index is 0.00533. The van der Waals surface area contributed by atoms with Gasteiger partial charge in [-0.15, -0.1) is 0 Å². The molecule has 2 atom stereocenters. The molecule has 0 unspecified atom stereocenters. The highest BCUT2D eigenvalue weighted by atomic mass is 35.5. The van der Waals surface area contributed by atoms with Gasteiger partial charge < -0.3 is 10.2 Å². The summed E-state index contributed by atoms with van der Waals surface area (Å²) in [5.41, 5.74) is 1.21. The van der Waals surface area contributed by atoms with Crippen molar-refractivity contribution in [1.29, 1.82) is 0 Å². The van der Waals surface area contributed by atoms with E-state index in [0.717, 1.165) is 9.87 Å². The predicted molar refractivity (Wildman–Crippen MR) is 186 cm³/mol. The summed E-state index contributed by atoms with van der Waals surface area (Å²) in [5.74, 6) is -1.10. The molecule has 242 valence electrons. The SMILES string of the molecule is CC[C@@H](C)NC(=O)[C@@H](Cc1ccccc1)N(Cc1c(Cl)cccc1Cl)C(=O)CN(c1cc(Cl)ccc1Cl)S(=O)(=O)c1ccccc1. The number of amides is 2. The van der Waals surface area contributed by atoms with Gasteiger partial charge in [-0.3, -0.25) is 13.9 Å². The summed E-state index contributed by atoms with van der Waals surface area (Å²) >= 11 is 25.9. The summed E-state index contributed by atoms with van der Waals surface area (Å²) in [5, 5.41) is 3.85. The second kappa shape index (κ2) is 16.0. The van der Waals surface area contributed by atoms with Crippen LogP contribution in [0, 0.1) is 0 Å². The molecule has 0 bridgehead atoms. The molecular formula is C34H33Cl4N3O4S. The highest BCUT2D eigenvalue weighted by Crippen LogP contribution is 2.34. The molecule has 0 aromatic heterocycles. The fraction of sp³-hybridized carbons (Fsp3) is 0.235. The van der Waals surface area contributed by atoms with Crippen LogP contribution in [0.3, 0.4) is 0 Å². The van der Waals surface area contributed by atoms with Crippen LogP contribution in [0.1, 0.15) is 31.4 Å². The maximum atomic E-state index is 14.6. The molecule has 2 amide bonds. The molecule has 0 spiro atoms. The third-order valence-corrected chi connectivity index (χ3v) is 10.5. The van der Waals surface area contributed by atoms with Crippen molar-refractivity contribution in [2.24, 2.45) is 0 Å². The van der Waals surface area contributed by atoms with Crippen LogP contribution in [0.15, 0.2) is 102 Å². The lowest BCUT2D eigenvalue weighted by Gasteiger charge is -2.34. The number of carbonyl (C=O) groups is 2. The van der Waals surface area contributed by atoms with Crippen molar-refractivity contribution in [2.45, 2.75) is 50.2 Å². The molecule has 4 aromatic rings. The Kier molecular flexibility index (Phi) is 12.4. The third kappa shape index (κ3) is 8.75. The molecule has 0 heterocycles. The first-order valence-electron chi connectivity index (χ1n) is 14.5. The van der Waals surface area contributed by atoms with E-state index in [-0.39, 0.29) is 49.7 Å². The fourth-order valence-corrected chi connectivity index (χ4v) is 7.16. The summed E-state index contributed by atoms with van der Waals surface area (Å²) in [6.45, 7) is 2.92. The van der Waals surface area contributed by atoms with Crippen LogP contribution in [0.2, 0.25) is 20.1 Å². The number of nitrogens with one attached hydrogen (secondary N) is 1. The largest absolute Gasteiger partial charge is 0.352 e. The van der Waals surface area contributed by atoms with E-state index in [2.05, 4.69) is 5.32 Å². The van der Waals surface area contributed by atoms with E-state index in [1.165, 1.54) is 35.2 Å². The van der Waals surface area contributed by atoms with Crippen molar-refractivity contribution in [2.75, 3.05) is 10.8 Å². The van der Waals surface area contributed by atoms with Crippen LogP contribution < -0.4 is 9.62 Å². The second-order valence-corrected chi connectivity index (χ2v) is 14.2. The topological polar surface area (TPSA) is 86.8 Å². The van der Waals surface area contributed by atoms with Crippen molar-refractivity contribution >= 4 is 73.9 Å². The minimum Gasteiger partial charge on any atom is -0.352 e. The van der Waals surface area contributed by atoms with E-state index < -0.39 is 34.4 Å². The average Bonchev–Trinajstić information content (AvgIpc) is 3.04. The number of sulfonamides is 1. The summed E-state index contributed by atoms with van der Waals surface area (Å²) < 4.78 is 29.2. The number of hydrogen-bond donors (Lipinski definition) is 1. The van der Waals surface area contributed by atoms with E-state index in [1.54, 1.807) is 36.4 Å². The van der Waals surface area contributed by atoms with Gasteiger partial charge in [0.15, 0.2) is 0 Å². The van der Waals surface area contributed by atoms with Gasteiger partial charge in [-0.2, -0.15) is 0 Å². The zero-order chi connectivity index (χ0) is 33.4. The number of nitrogens with zero attached hydrogens (tertiary/aromatic N) is 2. The Bertz CT molecular complexity index is 1760. The zero-order valence-corrected chi connectivity index (χ0v) is 29.0. The molecule has 0 saturated carbocycles. The Morgan fingerprint density at radius 2 is 1.41 bits per heavy atom. The van der Waals surface area contributed by atoms with E-state index in [1.807, 2.05) is 44.2 Å². The van der Waals surface area contributed by atoms with Gasteiger partial charge in [0.25, 0.3) is 10.0 Å². The first-order chi connectivity index (χ1) is 21.9. The first-order valence-corrected chi connectivity index (χ1v) is 17.5. The van der Waals surface area contributed by atoms with Crippen LogP contribution in [-0.4, -0.2) is 43.8 Å². The minimum atomic E-state index is -4.35. The van der Waals surface area contributed by atoms with Gasteiger partial charge in [-0.1, -0.05) is 108 Å². The molecule has 0 aliphatic heterocycles. The maximum Gasteiger partial charge on any atom is 0.264 e. The molecule has 7 nitrogen and oxygen atoms in total. The Balaban J connectivity index is 1.87. The number of anilines is 1. The highest BCUT2D eigenvalue weighted by Gasteiger charge is 2.36. The van der Waals surface area contributed by atoms with E-state index in [4.69, 9.17) is 46.4 Å². The molecule has 0 saturated heterocycles. The second-order valence-electron chi connectivity index (χ2n) is 10.7. The van der Waals surface area contributed by atoms with Crippen molar-refractivity contribution in [3.05, 3.63) is 128 Å². The molecule has 0 fully saturated rings. The summed E-state index contributed by atoms with van der Waals surface area (Å²) in [7, 11) is -4.35. The van der Waals surface area contributed by atoms with Gasteiger partial charge >= 0.3 is 0 Å². The van der Waals surface area contributed by atoms with Crippen molar-refractivity contribution in [1.82, 2.24) is 10.2 Å². The summed E-state index contributed by atoms with van der Waals surface area (Å²) in [6.07, 6.45) is 0.796. The lowest BCUT2D eigenvalue weighted by atomic mass is 10.0. The molecule has 4 aromatic carbocycles. The fourth-order valence-electron chi connectivity index (χ4n) is 4.76. The maximum absolute atomic E-state index is 14.6. The van der Waals surface area contributed by atoms with Gasteiger partial charge in [-0.05, 0) is 61.4 Å². The van der Waals surface area contributed by atoms with Gasteiger partial charge in [0.1, 0.15) is 12.6 Å². The predicted octanol–water partition coefficient (Wildman–Crippen LogP) is 8.05. The molecule has 46 heavy (non-hydrogen) atoms. The van der Waals surface area contributed by atoms with Crippen molar-refractivity contribution < 1.29 is 18.0 Å². The van der Waals surface area contributed by atoms with Crippen LogP contribution in [0.25, 0.3) is 0 Å². The number of rotatable bonds is 13. The van der Waals surface area contributed by atoms with Crippen molar-refractivity contribution in [3.63, 3.8) is 0 Å². The monoisotopic (exact) mass is 719 g/mol. The Labute approximate surface area is 290 Å². The molecule has 1 N–H and O–H groups in total. The number of halogens is 4. The van der Waals surface area contributed by atoms with Crippen LogP contribution in [-0.2, 0) is 32.6 Å². The van der Waals surface area contributed by atoms with Gasteiger partial charge in [0.05, 0.1) is 15.6 Å². The Hall–Kier alpha value is -3.27. The van der Waals surface area contributed by atoms with Crippen molar-refractivity contribution in [3.8, 4) is 0 Å². The van der Waals surface area contributed by atoms with Gasteiger partial charge in [0.2, 0.25) is 11.8 Å². The Morgan fingerprint density at radius 3 is 2.02 bits per heavy atom.